The number of rotatable bonds is 6. The van der Waals surface area contributed by atoms with Crippen LogP contribution in [-0.2, 0) is 11.2 Å². The molecule has 0 saturated heterocycles. The average molecular weight is 327 g/mol. The Morgan fingerprint density at radius 2 is 1.84 bits per heavy atom. The summed E-state index contributed by atoms with van der Waals surface area (Å²) in [6, 6.07) is 8.20. The van der Waals surface area contributed by atoms with Crippen molar-refractivity contribution in [2.24, 2.45) is 11.7 Å². The Balaban J connectivity index is 2.40. The molecular weight excluding hydrogens is 304 g/mol. The van der Waals surface area contributed by atoms with Crippen LogP contribution in [0, 0.1) is 5.92 Å². The van der Waals surface area contributed by atoms with Crippen molar-refractivity contribution < 1.29 is 4.79 Å². The van der Waals surface area contributed by atoms with Gasteiger partial charge in [0.25, 0.3) is 0 Å². The summed E-state index contributed by atoms with van der Waals surface area (Å²) in [6.45, 7) is 6.08. The van der Waals surface area contributed by atoms with Crippen molar-refractivity contribution in [3.63, 3.8) is 0 Å². The number of carbonyl (C=O) groups excluding carboxylic acids is 1. The molecule has 106 valence electrons. The standard InChI is InChI=1S/C15H23BrN2O/c1-10(2)14(17)9-15(19)18-11(3)8-12-4-6-13(16)7-5-12/h4-7,10-11,14H,8-9,17H2,1-3H3,(H,18,19). The second-order valence-electron chi connectivity index (χ2n) is 5.41. The molecule has 0 heterocycles. The SMILES string of the molecule is CC(Cc1ccc(Br)cc1)NC(=O)CC(N)C(C)C. The van der Waals surface area contributed by atoms with Crippen molar-refractivity contribution in [1.29, 1.82) is 0 Å². The van der Waals surface area contributed by atoms with Crippen LogP contribution >= 0.6 is 15.9 Å². The van der Waals surface area contributed by atoms with Gasteiger partial charge >= 0.3 is 0 Å². The van der Waals surface area contributed by atoms with Gasteiger partial charge in [0.05, 0.1) is 0 Å². The lowest BCUT2D eigenvalue weighted by Gasteiger charge is -2.18. The summed E-state index contributed by atoms with van der Waals surface area (Å²) in [5.41, 5.74) is 7.11. The molecular formula is C15H23BrN2O. The van der Waals surface area contributed by atoms with Gasteiger partial charge in [-0.2, -0.15) is 0 Å². The summed E-state index contributed by atoms with van der Waals surface area (Å²) in [5.74, 6) is 0.360. The molecule has 19 heavy (non-hydrogen) atoms. The molecule has 0 aliphatic heterocycles. The monoisotopic (exact) mass is 326 g/mol. The Kier molecular flexibility index (Phi) is 6.52. The first kappa shape index (κ1) is 16.2. The van der Waals surface area contributed by atoms with E-state index in [1.165, 1.54) is 5.56 Å². The van der Waals surface area contributed by atoms with Gasteiger partial charge in [0.15, 0.2) is 0 Å². The van der Waals surface area contributed by atoms with Crippen molar-refractivity contribution in [2.75, 3.05) is 0 Å². The van der Waals surface area contributed by atoms with Crippen LogP contribution in [-0.4, -0.2) is 18.0 Å². The lowest BCUT2D eigenvalue weighted by Crippen LogP contribution is -2.39. The first-order chi connectivity index (χ1) is 8.88. The maximum atomic E-state index is 11.8. The largest absolute Gasteiger partial charge is 0.353 e. The van der Waals surface area contributed by atoms with E-state index in [0.29, 0.717) is 12.3 Å². The third-order valence-electron chi connectivity index (χ3n) is 3.14. The summed E-state index contributed by atoms with van der Waals surface area (Å²) in [6.07, 6.45) is 1.22. The highest BCUT2D eigenvalue weighted by Gasteiger charge is 2.14. The average Bonchev–Trinajstić information content (AvgIpc) is 2.31. The van der Waals surface area contributed by atoms with E-state index in [0.717, 1.165) is 10.9 Å². The van der Waals surface area contributed by atoms with E-state index in [-0.39, 0.29) is 18.0 Å². The van der Waals surface area contributed by atoms with Crippen LogP contribution in [0.25, 0.3) is 0 Å². The number of benzene rings is 1. The van der Waals surface area contributed by atoms with Crippen molar-refractivity contribution >= 4 is 21.8 Å². The van der Waals surface area contributed by atoms with Crippen molar-refractivity contribution in [1.82, 2.24) is 5.32 Å². The minimum Gasteiger partial charge on any atom is -0.353 e. The lowest BCUT2D eigenvalue weighted by molar-refractivity contribution is -0.122. The van der Waals surface area contributed by atoms with Gasteiger partial charge in [-0.1, -0.05) is 41.9 Å². The number of nitrogens with one attached hydrogen (secondary N) is 1. The Bertz CT molecular complexity index is 403. The highest BCUT2D eigenvalue weighted by atomic mass is 79.9. The fourth-order valence-electron chi connectivity index (χ4n) is 1.81. The minimum absolute atomic E-state index is 0.0332. The maximum absolute atomic E-state index is 11.8. The van der Waals surface area contributed by atoms with Gasteiger partial charge < -0.3 is 11.1 Å². The molecule has 1 aromatic carbocycles. The smallest absolute Gasteiger partial charge is 0.221 e. The van der Waals surface area contributed by atoms with E-state index < -0.39 is 0 Å². The quantitative estimate of drug-likeness (QED) is 0.844. The minimum atomic E-state index is -0.0696. The molecule has 0 spiro atoms. The Labute approximate surface area is 124 Å². The van der Waals surface area contributed by atoms with E-state index in [4.69, 9.17) is 5.73 Å². The normalized spacial score (nSPS) is 14.2. The summed E-state index contributed by atoms with van der Waals surface area (Å²) >= 11 is 3.41. The number of hydrogen-bond donors (Lipinski definition) is 2. The van der Waals surface area contributed by atoms with Crippen LogP contribution in [0.3, 0.4) is 0 Å². The summed E-state index contributed by atoms with van der Waals surface area (Å²) in [4.78, 5) is 11.8. The zero-order chi connectivity index (χ0) is 14.4. The summed E-state index contributed by atoms with van der Waals surface area (Å²) in [7, 11) is 0. The zero-order valence-corrected chi connectivity index (χ0v) is 13.4. The topological polar surface area (TPSA) is 55.1 Å². The van der Waals surface area contributed by atoms with E-state index in [9.17, 15) is 4.79 Å². The molecule has 4 heteroatoms. The van der Waals surface area contributed by atoms with E-state index in [2.05, 4.69) is 33.4 Å². The van der Waals surface area contributed by atoms with Crippen LogP contribution in [0.15, 0.2) is 28.7 Å². The van der Waals surface area contributed by atoms with Crippen LogP contribution in [0.4, 0.5) is 0 Å². The zero-order valence-electron chi connectivity index (χ0n) is 11.8. The van der Waals surface area contributed by atoms with Crippen molar-refractivity contribution in [3.8, 4) is 0 Å². The third kappa shape index (κ3) is 6.21. The second kappa shape index (κ2) is 7.65. The van der Waals surface area contributed by atoms with Crippen molar-refractivity contribution in [3.05, 3.63) is 34.3 Å². The number of halogens is 1. The van der Waals surface area contributed by atoms with Crippen LogP contribution in [0.1, 0.15) is 32.8 Å². The summed E-state index contributed by atoms with van der Waals surface area (Å²) < 4.78 is 1.07. The van der Waals surface area contributed by atoms with Gasteiger partial charge in [-0.25, -0.2) is 0 Å². The number of hydrogen-bond acceptors (Lipinski definition) is 2. The van der Waals surface area contributed by atoms with Gasteiger partial charge in [0.1, 0.15) is 0 Å². The highest BCUT2D eigenvalue weighted by molar-refractivity contribution is 9.10. The predicted octanol–water partition coefficient (Wildman–Crippen LogP) is 2.87. The summed E-state index contributed by atoms with van der Waals surface area (Å²) in [5, 5.41) is 3.00. The molecule has 0 aromatic heterocycles. The molecule has 0 aliphatic carbocycles. The molecule has 3 nitrogen and oxygen atoms in total. The lowest BCUT2D eigenvalue weighted by atomic mass is 10.0. The molecule has 1 aromatic rings. The first-order valence-electron chi connectivity index (χ1n) is 6.68. The van der Waals surface area contributed by atoms with Gasteiger partial charge in [0.2, 0.25) is 5.91 Å². The van der Waals surface area contributed by atoms with Gasteiger partial charge in [-0.05, 0) is 37.0 Å². The van der Waals surface area contributed by atoms with Crippen LogP contribution in [0.5, 0.6) is 0 Å². The first-order valence-corrected chi connectivity index (χ1v) is 7.47. The van der Waals surface area contributed by atoms with Gasteiger partial charge in [0, 0.05) is 23.0 Å². The number of nitrogens with two attached hydrogens (primary N) is 1. The van der Waals surface area contributed by atoms with Crippen molar-refractivity contribution in [2.45, 2.75) is 45.7 Å². The number of amides is 1. The molecule has 1 rings (SSSR count). The molecule has 0 saturated carbocycles. The fourth-order valence-corrected chi connectivity index (χ4v) is 2.07. The molecule has 1 amide bonds. The highest BCUT2D eigenvalue weighted by Crippen LogP contribution is 2.12. The molecule has 0 aliphatic rings. The third-order valence-corrected chi connectivity index (χ3v) is 3.67. The van der Waals surface area contributed by atoms with E-state index in [1.807, 2.05) is 32.9 Å². The predicted molar refractivity (Wildman–Crippen MR) is 82.9 cm³/mol. The molecule has 0 bridgehead atoms. The van der Waals surface area contributed by atoms with Gasteiger partial charge in [-0.3, -0.25) is 4.79 Å². The maximum Gasteiger partial charge on any atom is 0.221 e. The van der Waals surface area contributed by atoms with Crippen LogP contribution < -0.4 is 11.1 Å². The molecule has 2 atom stereocenters. The van der Waals surface area contributed by atoms with Crippen LogP contribution in [0.2, 0.25) is 0 Å². The van der Waals surface area contributed by atoms with Gasteiger partial charge in [-0.15, -0.1) is 0 Å². The molecule has 3 N–H and O–H groups in total. The molecule has 0 radical (unpaired) electrons. The second-order valence-corrected chi connectivity index (χ2v) is 6.33. The Hall–Kier alpha value is -0.870. The van der Waals surface area contributed by atoms with E-state index in [1.54, 1.807) is 0 Å². The molecule has 2 unspecified atom stereocenters. The molecule has 0 fully saturated rings. The Morgan fingerprint density at radius 3 is 2.37 bits per heavy atom. The fraction of sp³-hybridized carbons (Fsp3) is 0.533. The number of carbonyl (C=O) groups is 1. The Morgan fingerprint density at radius 1 is 1.26 bits per heavy atom. The van der Waals surface area contributed by atoms with E-state index >= 15 is 0 Å².